The van der Waals surface area contributed by atoms with Crippen LogP contribution in [0.15, 0.2) is 36.4 Å². The SMILES string of the molecule is CC(C)CCN1C(=O)C(C)(C)COc2cc(NC(=O)Nc3ccc(Cl)c(Cl)c3)ccc21. The first kappa shape index (κ1) is 23.2. The van der Waals surface area contributed by atoms with Crippen LogP contribution in [0, 0.1) is 11.3 Å². The summed E-state index contributed by atoms with van der Waals surface area (Å²) in [5.74, 6) is 1.06. The molecule has 3 amide bonds. The fourth-order valence-electron chi connectivity index (χ4n) is 3.20. The van der Waals surface area contributed by atoms with Gasteiger partial charge in [-0.1, -0.05) is 37.0 Å². The van der Waals surface area contributed by atoms with Crippen molar-refractivity contribution in [3.63, 3.8) is 0 Å². The van der Waals surface area contributed by atoms with E-state index in [4.69, 9.17) is 27.9 Å². The highest BCUT2D eigenvalue weighted by molar-refractivity contribution is 6.42. The molecule has 0 radical (unpaired) electrons. The Labute approximate surface area is 192 Å². The minimum atomic E-state index is -0.644. The summed E-state index contributed by atoms with van der Waals surface area (Å²) >= 11 is 11.9. The van der Waals surface area contributed by atoms with E-state index in [1.165, 1.54) is 0 Å². The van der Waals surface area contributed by atoms with Gasteiger partial charge in [-0.25, -0.2) is 4.79 Å². The van der Waals surface area contributed by atoms with Crippen LogP contribution in [0.5, 0.6) is 5.75 Å². The first-order chi connectivity index (χ1) is 14.6. The third kappa shape index (κ3) is 5.63. The molecular formula is C23H27Cl2N3O3. The standard InChI is InChI=1S/C23H27Cl2N3O3/c1-14(2)9-10-28-19-8-6-16(12-20(19)31-13-23(3,4)21(28)29)27-22(30)26-15-5-7-17(24)18(25)11-15/h5-8,11-12,14H,9-10,13H2,1-4H3,(H2,26,27,30). The van der Waals surface area contributed by atoms with Crippen molar-refractivity contribution in [2.75, 3.05) is 28.7 Å². The Morgan fingerprint density at radius 3 is 2.39 bits per heavy atom. The quantitative estimate of drug-likeness (QED) is 0.535. The predicted octanol–water partition coefficient (Wildman–Crippen LogP) is 6.44. The number of anilines is 3. The summed E-state index contributed by atoms with van der Waals surface area (Å²) in [5, 5.41) is 6.26. The van der Waals surface area contributed by atoms with Gasteiger partial charge in [0.1, 0.15) is 12.4 Å². The van der Waals surface area contributed by atoms with Gasteiger partial charge in [0, 0.05) is 24.0 Å². The molecule has 3 rings (SSSR count). The Balaban J connectivity index is 1.79. The lowest BCUT2D eigenvalue weighted by Gasteiger charge is -2.28. The van der Waals surface area contributed by atoms with E-state index in [0.29, 0.717) is 45.3 Å². The second-order valence-corrected chi connectivity index (χ2v) is 9.52. The molecule has 2 aromatic rings. The molecule has 0 saturated carbocycles. The van der Waals surface area contributed by atoms with E-state index < -0.39 is 11.4 Å². The Hall–Kier alpha value is -2.44. The summed E-state index contributed by atoms with van der Waals surface area (Å²) in [7, 11) is 0. The van der Waals surface area contributed by atoms with Crippen molar-refractivity contribution in [1.82, 2.24) is 0 Å². The van der Waals surface area contributed by atoms with Gasteiger partial charge in [-0.3, -0.25) is 4.79 Å². The van der Waals surface area contributed by atoms with Gasteiger partial charge in [0.25, 0.3) is 0 Å². The highest BCUT2D eigenvalue weighted by Gasteiger charge is 2.37. The maximum Gasteiger partial charge on any atom is 0.323 e. The van der Waals surface area contributed by atoms with E-state index in [9.17, 15) is 9.59 Å². The number of hydrogen-bond donors (Lipinski definition) is 2. The third-order valence-electron chi connectivity index (χ3n) is 5.03. The lowest BCUT2D eigenvalue weighted by molar-refractivity contribution is -0.127. The van der Waals surface area contributed by atoms with Gasteiger partial charge in [-0.05, 0) is 56.5 Å². The van der Waals surface area contributed by atoms with Gasteiger partial charge in [0.05, 0.1) is 21.1 Å². The molecule has 2 aromatic carbocycles. The molecule has 0 bridgehead atoms. The number of rotatable bonds is 5. The number of nitrogens with one attached hydrogen (secondary N) is 2. The summed E-state index contributed by atoms with van der Waals surface area (Å²) in [6.07, 6.45) is 0.882. The highest BCUT2D eigenvalue weighted by Crippen LogP contribution is 2.38. The van der Waals surface area contributed by atoms with Crippen LogP contribution in [0.1, 0.15) is 34.1 Å². The van der Waals surface area contributed by atoms with Crippen molar-refractivity contribution in [1.29, 1.82) is 0 Å². The number of nitrogens with zero attached hydrogens (tertiary/aromatic N) is 1. The molecule has 0 aromatic heterocycles. The van der Waals surface area contributed by atoms with E-state index in [0.717, 1.165) is 6.42 Å². The zero-order valence-corrected chi connectivity index (χ0v) is 19.6. The molecule has 0 aliphatic carbocycles. The maximum absolute atomic E-state index is 13.1. The van der Waals surface area contributed by atoms with Crippen LogP contribution in [-0.2, 0) is 4.79 Å². The van der Waals surface area contributed by atoms with Crippen molar-refractivity contribution in [2.24, 2.45) is 11.3 Å². The number of carbonyl (C=O) groups excluding carboxylic acids is 2. The largest absolute Gasteiger partial charge is 0.490 e. The van der Waals surface area contributed by atoms with Crippen molar-refractivity contribution >= 4 is 52.2 Å². The Kier molecular flexibility index (Phi) is 7.02. The van der Waals surface area contributed by atoms with E-state index in [1.807, 2.05) is 19.9 Å². The van der Waals surface area contributed by atoms with Crippen LogP contribution in [0.25, 0.3) is 0 Å². The zero-order valence-electron chi connectivity index (χ0n) is 18.1. The van der Waals surface area contributed by atoms with Gasteiger partial charge >= 0.3 is 6.03 Å². The minimum absolute atomic E-state index is 0.0324. The molecule has 1 aliphatic rings. The molecule has 1 heterocycles. The first-order valence-electron chi connectivity index (χ1n) is 10.2. The number of urea groups is 1. The number of hydrogen-bond acceptors (Lipinski definition) is 3. The van der Waals surface area contributed by atoms with E-state index >= 15 is 0 Å². The van der Waals surface area contributed by atoms with Gasteiger partial charge < -0.3 is 20.3 Å². The summed E-state index contributed by atoms with van der Waals surface area (Å²) < 4.78 is 5.97. The van der Waals surface area contributed by atoms with Crippen molar-refractivity contribution < 1.29 is 14.3 Å². The average Bonchev–Trinajstić information content (AvgIpc) is 2.78. The van der Waals surface area contributed by atoms with Crippen LogP contribution >= 0.6 is 23.2 Å². The topological polar surface area (TPSA) is 70.7 Å². The third-order valence-corrected chi connectivity index (χ3v) is 5.77. The fourth-order valence-corrected chi connectivity index (χ4v) is 3.50. The monoisotopic (exact) mass is 463 g/mol. The lowest BCUT2D eigenvalue weighted by Crippen LogP contribution is -2.42. The molecule has 31 heavy (non-hydrogen) atoms. The predicted molar refractivity (Wildman–Crippen MR) is 127 cm³/mol. The molecule has 6 nitrogen and oxygen atoms in total. The van der Waals surface area contributed by atoms with E-state index in [2.05, 4.69) is 24.5 Å². The Bertz CT molecular complexity index is 992. The Morgan fingerprint density at radius 1 is 1.10 bits per heavy atom. The molecule has 0 spiro atoms. The molecule has 1 aliphatic heterocycles. The normalized spacial score (nSPS) is 15.2. The molecule has 0 unspecified atom stereocenters. The summed E-state index contributed by atoms with van der Waals surface area (Å²) in [4.78, 5) is 27.3. The van der Waals surface area contributed by atoms with E-state index in [-0.39, 0.29) is 12.5 Å². The number of carbonyl (C=O) groups is 2. The molecule has 0 atom stereocenters. The second-order valence-electron chi connectivity index (χ2n) is 8.70. The van der Waals surface area contributed by atoms with E-state index in [1.54, 1.807) is 35.2 Å². The minimum Gasteiger partial charge on any atom is -0.490 e. The molecule has 8 heteroatoms. The van der Waals surface area contributed by atoms with Gasteiger partial charge in [-0.15, -0.1) is 0 Å². The van der Waals surface area contributed by atoms with Gasteiger partial charge in [0.2, 0.25) is 5.91 Å². The average molecular weight is 464 g/mol. The van der Waals surface area contributed by atoms with Gasteiger partial charge in [0.15, 0.2) is 0 Å². The molecular weight excluding hydrogens is 437 g/mol. The van der Waals surface area contributed by atoms with Crippen LogP contribution in [0.4, 0.5) is 21.9 Å². The molecule has 0 saturated heterocycles. The lowest BCUT2D eigenvalue weighted by atomic mass is 9.92. The van der Waals surface area contributed by atoms with Crippen molar-refractivity contribution in [2.45, 2.75) is 34.1 Å². The van der Waals surface area contributed by atoms with Crippen LogP contribution in [0.3, 0.4) is 0 Å². The smallest absolute Gasteiger partial charge is 0.323 e. The van der Waals surface area contributed by atoms with Crippen LogP contribution < -0.4 is 20.3 Å². The van der Waals surface area contributed by atoms with Crippen LogP contribution in [0.2, 0.25) is 10.0 Å². The first-order valence-corrected chi connectivity index (χ1v) is 10.9. The number of benzene rings is 2. The summed E-state index contributed by atoms with van der Waals surface area (Å²) in [6.45, 7) is 8.90. The zero-order chi connectivity index (χ0) is 22.8. The molecule has 0 fully saturated rings. The highest BCUT2D eigenvalue weighted by atomic mass is 35.5. The maximum atomic E-state index is 13.1. The summed E-state index contributed by atoms with van der Waals surface area (Å²) in [6, 6.07) is 9.72. The van der Waals surface area contributed by atoms with Crippen molar-refractivity contribution in [3.8, 4) is 5.75 Å². The molecule has 166 valence electrons. The summed E-state index contributed by atoms with van der Waals surface area (Å²) in [5.41, 5.74) is 1.14. The van der Waals surface area contributed by atoms with Gasteiger partial charge in [-0.2, -0.15) is 0 Å². The number of halogens is 2. The molecule has 2 N–H and O–H groups in total. The number of fused-ring (bicyclic) bond motifs is 1. The fraction of sp³-hybridized carbons (Fsp3) is 0.391. The second kappa shape index (κ2) is 9.37. The van der Waals surface area contributed by atoms with Crippen molar-refractivity contribution in [3.05, 3.63) is 46.4 Å². The Morgan fingerprint density at radius 2 is 1.74 bits per heavy atom. The number of ether oxygens (including phenoxy) is 1. The van der Waals surface area contributed by atoms with Crippen LogP contribution in [-0.4, -0.2) is 25.1 Å². The number of amides is 3.